The predicted molar refractivity (Wildman–Crippen MR) is 81.2 cm³/mol. The van der Waals surface area contributed by atoms with E-state index >= 15 is 0 Å². The molecule has 1 aromatic carbocycles. The molecule has 6 heteroatoms. The van der Waals surface area contributed by atoms with Crippen LogP contribution in [0, 0.1) is 17.0 Å². The molecule has 0 unspecified atom stereocenters. The molecule has 0 bridgehead atoms. The molecule has 1 aliphatic rings. The van der Waals surface area contributed by atoms with E-state index in [0.717, 1.165) is 30.0 Å². The quantitative estimate of drug-likeness (QED) is 0.520. The van der Waals surface area contributed by atoms with Gasteiger partial charge < -0.3 is 10.6 Å². The third-order valence-electron chi connectivity index (χ3n) is 3.87. The van der Waals surface area contributed by atoms with Gasteiger partial charge in [0, 0.05) is 24.8 Å². The van der Waals surface area contributed by atoms with E-state index in [2.05, 4.69) is 16.0 Å². The number of nitrogens with two attached hydrogens (primary N) is 1. The number of aromatic nitrogens is 1. The third kappa shape index (κ3) is 2.40. The lowest BCUT2D eigenvalue weighted by molar-refractivity contribution is -0.385. The van der Waals surface area contributed by atoms with E-state index in [0.29, 0.717) is 12.2 Å². The van der Waals surface area contributed by atoms with Crippen molar-refractivity contribution in [1.82, 2.24) is 4.98 Å². The van der Waals surface area contributed by atoms with Crippen molar-refractivity contribution in [2.24, 2.45) is 0 Å². The van der Waals surface area contributed by atoms with Crippen LogP contribution in [0.2, 0.25) is 0 Å². The molecule has 0 atom stereocenters. The van der Waals surface area contributed by atoms with Gasteiger partial charge >= 0.3 is 0 Å². The Morgan fingerprint density at radius 3 is 2.86 bits per heavy atom. The summed E-state index contributed by atoms with van der Waals surface area (Å²) in [4.78, 5) is 16.9. The van der Waals surface area contributed by atoms with Crippen molar-refractivity contribution in [3.05, 3.63) is 57.3 Å². The molecule has 6 nitrogen and oxygen atoms in total. The molecule has 0 radical (unpaired) electrons. The third-order valence-corrected chi connectivity index (χ3v) is 3.87. The average molecular weight is 284 g/mol. The molecular weight excluding hydrogens is 268 g/mol. The van der Waals surface area contributed by atoms with E-state index in [9.17, 15) is 10.1 Å². The Bertz CT molecular complexity index is 715. The first kappa shape index (κ1) is 13.4. The number of aryl methyl sites for hydroxylation is 1. The van der Waals surface area contributed by atoms with E-state index in [1.165, 1.54) is 11.6 Å². The fourth-order valence-corrected chi connectivity index (χ4v) is 2.71. The van der Waals surface area contributed by atoms with Gasteiger partial charge in [0.25, 0.3) is 5.69 Å². The van der Waals surface area contributed by atoms with Crippen LogP contribution in [-0.4, -0.2) is 16.5 Å². The lowest BCUT2D eigenvalue weighted by Gasteiger charge is -2.30. The van der Waals surface area contributed by atoms with E-state index in [-0.39, 0.29) is 5.69 Å². The van der Waals surface area contributed by atoms with Crippen LogP contribution >= 0.6 is 0 Å². The second-order valence-corrected chi connectivity index (χ2v) is 5.19. The Balaban J connectivity index is 1.91. The number of anilines is 2. The Morgan fingerprint density at radius 1 is 1.33 bits per heavy atom. The molecule has 0 amide bonds. The van der Waals surface area contributed by atoms with Gasteiger partial charge in [-0.25, -0.2) is 4.98 Å². The molecule has 0 saturated carbocycles. The summed E-state index contributed by atoms with van der Waals surface area (Å²) in [5.41, 5.74) is 9.71. The molecule has 2 aromatic rings. The second kappa shape index (κ2) is 5.05. The average Bonchev–Trinajstić information content (AvgIpc) is 2.47. The predicted octanol–water partition coefficient (Wildman–Crippen LogP) is 2.44. The molecule has 108 valence electrons. The maximum atomic E-state index is 10.9. The molecular formula is C15H16N4O2. The summed E-state index contributed by atoms with van der Waals surface area (Å²) < 4.78 is 0. The topological polar surface area (TPSA) is 85.3 Å². The van der Waals surface area contributed by atoms with Crippen molar-refractivity contribution in [3.63, 3.8) is 0 Å². The number of fused-ring (bicyclic) bond motifs is 1. The minimum Gasteiger partial charge on any atom is -0.398 e. The van der Waals surface area contributed by atoms with Crippen LogP contribution in [0.4, 0.5) is 17.2 Å². The SMILES string of the molecule is Cc1nc(N2CCc3cccc(N)c3C2)ccc1[N+](=O)[O-]. The van der Waals surface area contributed by atoms with Gasteiger partial charge in [-0.2, -0.15) is 0 Å². The maximum Gasteiger partial charge on any atom is 0.290 e. The largest absolute Gasteiger partial charge is 0.398 e. The zero-order chi connectivity index (χ0) is 15.0. The Kier molecular flexibility index (Phi) is 3.21. The fourth-order valence-electron chi connectivity index (χ4n) is 2.71. The molecule has 1 aliphatic heterocycles. The van der Waals surface area contributed by atoms with Gasteiger partial charge in [-0.3, -0.25) is 10.1 Å². The molecule has 1 aromatic heterocycles. The molecule has 21 heavy (non-hydrogen) atoms. The van der Waals surface area contributed by atoms with E-state index in [4.69, 9.17) is 5.73 Å². The normalized spacial score (nSPS) is 13.9. The first-order valence-corrected chi connectivity index (χ1v) is 6.79. The molecule has 3 rings (SSSR count). The molecule has 2 N–H and O–H groups in total. The smallest absolute Gasteiger partial charge is 0.290 e. The number of nitro groups is 1. The van der Waals surface area contributed by atoms with Gasteiger partial charge in [0.15, 0.2) is 0 Å². The number of rotatable bonds is 2. The molecule has 2 heterocycles. The summed E-state index contributed by atoms with van der Waals surface area (Å²) in [5.74, 6) is 0.756. The van der Waals surface area contributed by atoms with Crippen LogP contribution in [0.15, 0.2) is 30.3 Å². The number of hydrogen-bond acceptors (Lipinski definition) is 5. The highest BCUT2D eigenvalue weighted by Crippen LogP contribution is 2.28. The monoisotopic (exact) mass is 284 g/mol. The molecule has 0 spiro atoms. The van der Waals surface area contributed by atoms with Crippen molar-refractivity contribution in [2.45, 2.75) is 19.9 Å². The first-order chi connectivity index (χ1) is 10.1. The molecule has 0 fully saturated rings. The fraction of sp³-hybridized carbons (Fsp3) is 0.267. The standard InChI is InChI=1S/C15H16N4O2/c1-10-14(19(20)21)5-6-15(17-10)18-8-7-11-3-2-4-13(16)12(11)9-18/h2-6H,7-9,16H2,1H3. The van der Waals surface area contributed by atoms with Crippen molar-refractivity contribution < 1.29 is 4.92 Å². The summed E-state index contributed by atoms with van der Waals surface area (Å²) in [7, 11) is 0. The summed E-state index contributed by atoms with van der Waals surface area (Å²) in [6.07, 6.45) is 0.901. The van der Waals surface area contributed by atoms with Gasteiger partial charge in [-0.05, 0) is 36.6 Å². The summed E-state index contributed by atoms with van der Waals surface area (Å²) >= 11 is 0. The summed E-state index contributed by atoms with van der Waals surface area (Å²) in [6, 6.07) is 9.18. The number of benzene rings is 1. The maximum absolute atomic E-state index is 10.9. The van der Waals surface area contributed by atoms with Crippen molar-refractivity contribution in [3.8, 4) is 0 Å². The van der Waals surface area contributed by atoms with Crippen LogP contribution < -0.4 is 10.6 Å². The highest BCUT2D eigenvalue weighted by molar-refractivity contribution is 5.56. The van der Waals surface area contributed by atoms with Gasteiger partial charge in [0.1, 0.15) is 11.5 Å². The number of pyridine rings is 1. The zero-order valence-electron chi connectivity index (χ0n) is 11.7. The number of hydrogen-bond donors (Lipinski definition) is 1. The van der Waals surface area contributed by atoms with Gasteiger partial charge in [-0.15, -0.1) is 0 Å². The molecule has 0 saturated heterocycles. The van der Waals surface area contributed by atoms with E-state index in [1.807, 2.05) is 12.1 Å². The highest BCUT2D eigenvalue weighted by atomic mass is 16.6. The highest BCUT2D eigenvalue weighted by Gasteiger charge is 2.21. The zero-order valence-corrected chi connectivity index (χ0v) is 11.7. The van der Waals surface area contributed by atoms with E-state index in [1.54, 1.807) is 13.0 Å². The van der Waals surface area contributed by atoms with Crippen LogP contribution in [0.1, 0.15) is 16.8 Å². The summed E-state index contributed by atoms with van der Waals surface area (Å²) in [5, 5.41) is 10.9. The number of nitrogens with zero attached hydrogens (tertiary/aromatic N) is 3. The lowest BCUT2D eigenvalue weighted by atomic mass is 9.98. The van der Waals surface area contributed by atoms with Gasteiger partial charge in [0.2, 0.25) is 0 Å². The van der Waals surface area contributed by atoms with Crippen LogP contribution in [0.25, 0.3) is 0 Å². The minimum absolute atomic E-state index is 0.0515. The molecule has 0 aliphatic carbocycles. The van der Waals surface area contributed by atoms with Crippen LogP contribution in [-0.2, 0) is 13.0 Å². The van der Waals surface area contributed by atoms with Crippen LogP contribution in [0.5, 0.6) is 0 Å². The van der Waals surface area contributed by atoms with E-state index < -0.39 is 4.92 Å². The van der Waals surface area contributed by atoms with Crippen molar-refractivity contribution >= 4 is 17.2 Å². The first-order valence-electron chi connectivity index (χ1n) is 6.79. The Labute approximate surface area is 122 Å². The minimum atomic E-state index is -0.407. The van der Waals surface area contributed by atoms with Crippen LogP contribution in [0.3, 0.4) is 0 Å². The number of nitrogen functional groups attached to an aromatic ring is 1. The Hall–Kier alpha value is -2.63. The lowest BCUT2D eigenvalue weighted by Crippen LogP contribution is -2.31. The van der Waals surface area contributed by atoms with Crippen molar-refractivity contribution in [2.75, 3.05) is 17.2 Å². The Morgan fingerprint density at radius 2 is 2.14 bits per heavy atom. The van der Waals surface area contributed by atoms with Crippen molar-refractivity contribution in [1.29, 1.82) is 0 Å². The second-order valence-electron chi connectivity index (χ2n) is 5.19. The van der Waals surface area contributed by atoms with Gasteiger partial charge in [-0.1, -0.05) is 12.1 Å². The van der Waals surface area contributed by atoms with Gasteiger partial charge in [0.05, 0.1) is 4.92 Å². The summed E-state index contributed by atoms with van der Waals surface area (Å²) in [6.45, 7) is 3.18.